The summed E-state index contributed by atoms with van der Waals surface area (Å²) in [5.74, 6) is 0.151. The van der Waals surface area contributed by atoms with Crippen molar-refractivity contribution in [3.8, 4) is 0 Å². The first-order valence-corrected chi connectivity index (χ1v) is 9.38. The van der Waals surface area contributed by atoms with E-state index in [9.17, 15) is 9.59 Å². The first-order valence-electron chi connectivity index (χ1n) is 9.38. The summed E-state index contributed by atoms with van der Waals surface area (Å²) in [6.07, 6.45) is 4.19. The van der Waals surface area contributed by atoms with Crippen LogP contribution < -0.4 is 5.56 Å². The SMILES string of the molecule is CCc1c(C)nc2cc([C@@H]3CCCN(C(=O)c4ccnn4C)C3)[nH]n2c1=O. The molecule has 0 bridgehead atoms. The number of likely N-dealkylation sites (tertiary alicyclic amines) is 1. The fourth-order valence-electron chi connectivity index (χ4n) is 3.97. The quantitative estimate of drug-likeness (QED) is 0.761. The summed E-state index contributed by atoms with van der Waals surface area (Å²) < 4.78 is 3.14. The van der Waals surface area contributed by atoms with Gasteiger partial charge in [0.1, 0.15) is 5.69 Å². The molecule has 0 unspecified atom stereocenters. The third kappa shape index (κ3) is 2.94. The molecule has 0 spiro atoms. The van der Waals surface area contributed by atoms with Crippen LogP contribution in [0.1, 0.15) is 53.1 Å². The molecule has 8 nitrogen and oxygen atoms in total. The van der Waals surface area contributed by atoms with Crippen LogP contribution in [0.4, 0.5) is 0 Å². The summed E-state index contributed by atoms with van der Waals surface area (Å²) in [5, 5.41) is 7.32. The Balaban J connectivity index is 1.63. The van der Waals surface area contributed by atoms with Crippen molar-refractivity contribution in [3.05, 3.63) is 51.3 Å². The highest BCUT2D eigenvalue weighted by molar-refractivity contribution is 5.92. The molecule has 4 heterocycles. The van der Waals surface area contributed by atoms with Gasteiger partial charge in [0.2, 0.25) is 0 Å². The van der Waals surface area contributed by atoms with Gasteiger partial charge in [-0.25, -0.2) is 9.50 Å². The molecule has 142 valence electrons. The summed E-state index contributed by atoms with van der Waals surface area (Å²) >= 11 is 0. The van der Waals surface area contributed by atoms with E-state index in [1.54, 1.807) is 24.0 Å². The van der Waals surface area contributed by atoms with E-state index < -0.39 is 0 Å². The fraction of sp³-hybridized carbons (Fsp3) is 0.474. The van der Waals surface area contributed by atoms with Gasteiger partial charge in [-0.05, 0) is 32.3 Å². The molecular weight excluding hydrogens is 344 g/mol. The van der Waals surface area contributed by atoms with Crippen molar-refractivity contribution in [2.45, 2.75) is 39.0 Å². The number of hydrogen-bond donors (Lipinski definition) is 1. The third-order valence-electron chi connectivity index (χ3n) is 5.48. The van der Waals surface area contributed by atoms with Crippen LogP contribution >= 0.6 is 0 Å². The number of aryl methyl sites for hydroxylation is 2. The number of carbonyl (C=O) groups is 1. The average Bonchev–Trinajstić information content (AvgIpc) is 3.28. The normalized spacial score (nSPS) is 17.6. The van der Waals surface area contributed by atoms with Crippen molar-refractivity contribution >= 4 is 11.6 Å². The molecule has 1 aliphatic rings. The molecule has 27 heavy (non-hydrogen) atoms. The van der Waals surface area contributed by atoms with Crippen LogP contribution in [-0.4, -0.2) is 48.3 Å². The zero-order valence-corrected chi connectivity index (χ0v) is 15.9. The summed E-state index contributed by atoms with van der Waals surface area (Å²) in [7, 11) is 1.78. The number of rotatable bonds is 3. The number of nitrogens with zero attached hydrogens (tertiary/aromatic N) is 5. The Morgan fingerprint density at radius 2 is 2.22 bits per heavy atom. The van der Waals surface area contributed by atoms with Crippen molar-refractivity contribution in [2.75, 3.05) is 13.1 Å². The molecule has 3 aromatic heterocycles. The van der Waals surface area contributed by atoms with Gasteiger partial charge in [0.15, 0.2) is 5.65 Å². The molecule has 3 aromatic rings. The Kier molecular flexibility index (Phi) is 4.33. The van der Waals surface area contributed by atoms with Crippen LogP contribution in [0, 0.1) is 6.92 Å². The molecule has 1 saturated heterocycles. The molecule has 8 heteroatoms. The largest absolute Gasteiger partial charge is 0.337 e. The highest BCUT2D eigenvalue weighted by Crippen LogP contribution is 2.27. The number of amides is 1. The average molecular weight is 368 g/mol. The van der Waals surface area contributed by atoms with E-state index in [2.05, 4.69) is 15.2 Å². The Labute approximate surface area is 156 Å². The van der Waals surface area contributed by atoms with Crippen molar-refractivity contribution in [1.82, 2.24) is 29.3 Å². The molecule has 1 atom stereocenters. The van der Waals surface area contributed by atoms with Gasteiger partial charge in [-0.1, -0.05) is 6.92 Å². The van der Waals surface area contributed by atoms with Crippen LogP contribution in [0.5, 0.6) is 0 Å². The first kappa shape index (κ1) is 17.5. The standard InChI is InChI=1S/C19H24N6O2/c1-4-14-12(2)21-17-10-15(22-25(17)18(14)26)13-6-5-9-24(11-13)19(27)16-7-8-20-23(16)3/h7-8,10,13,22H,4-6,9,11H2,1-3H3/t13-/m1/s1. The second-order valence-electron chi connectivity index (χ2n) is 7.17. The molecule has 0 aromatic carbocycles. The summed E-state index contributed by atoms with van der Waals surface area (Å²) in [4.78, 5) is 31.9. The predicted octanol–water partition coefficient (Wildman–Crippen LogP) is 1.65. The van der Waals surface area contributed by atoms with Crippen molar-refractivity contribution in [1.29, 1.82) is 0 Å². The third-order valence-corrected chi connectivity index (χ3v) is 5.48. The van der Waals surface area contributed by atoms with E-state index >= 15 is 0 Å². The van der Waals surface area contributed by atoms with Gasteiger partial charge >= 0.3 is 0 Å². The van der Waals surface area contributed by atoms with Gasteiger partial charge < -0.3 is 4.90 Å². The lowest BCUT2D eigenvalue weighted by Crippen LogP contribution is -2.40. The number of hydrogen-bond acceptors (Lipinski definition) is 4. The lowest BCUT2D eigenvalue weighted by atomic mass is 9.94. The highest BCUT2D eigenvalue weighted by Gasteiger charge is 2.28. The molecule has 1 aliphatic heterocycles. The minimum absolute atomic E-state index is 0.00443. The highest BCUT2D eigenvalue weighted by atomic mass is 16.2. The number of fused-ring (bicyclic) bond motifs is 1. The Morgan fingerprint density at radius 1 is 1.41 bits per heavy atom. The van der Waals surface area contributed by atoms with E-state index in [-0.39, 0.29) is 17.4 Å². The lowest BCUT2D eigenvalue weighted by molar-refractivity contribution is 0.0694. The number of H-pyrrole nitrogens is 1. The summed E-state index contributed by atoms with van der Waals surface area (Å²) in [5.41, 5.74) is 3.66. The zero-order chi connectivity index (χ0) is 19.1. The molecular formula is C19H24N6O2. The summed E-state index contributed by atoms with van der Waals surface area (Å²) in [6, 6.07) is 3.68. The van der Waals surface area contributed by atoms with Crippen LogP contribution in [0.2, 0.25) is 0 Å². The topological polar surface area (TPSA) is 88.3 Å². The smallest absolute Gasteiger partial charge is 0.276 e. The van der Waals surface area contributed by atoms with Gasteiger partial charge in [-0.3, -0.25) is 19.4 Å². The van der Waals surface area contributed by atoms with Crippen LogP contribution in [0.15, 0.2) is 23.1 Å². The number of piperidine rings is 1. The van der Waals surface area contributed by atoms with Crippen LogP contribution in [0.3, 0.4) is 0 Å². The Hall–Kier alpha value is -2.90. The van der Waals surface area contributed by atoms with Gasteiger partial charge in [0, 0.05) is 55.3 Å². The van der Waals surface area contributed by atoms with E-state index in [4.69, 9.17) is 0 Å². The lowest BCUT2D eigenvalue weighted by Gasteiger charge is -2.32. The van der Waals surface area contributed by atoms with E-state index in [1.165, 1.54) is 4.52 Å². The first-order chi connectivity index (χ1) is 13.0. The molecule has 0 aliphatic carbocycles. The van der Waals surface area contributed by atoms with Gasteiger partial charge in [-0.15, -0.1) is 0 Å². The maximum atomic E-state index is 12.8. The number of nitrogens with one attached hydrogen (secondary N) is 1. The molecule has 0 radical (unpaired) electrons. The Morgan fingerprint density at radius 3 is 2.93 bits per heavy atom. The van der Waals surface area contributed by atoms with Gasteiger partial charge in [-0.2, -0.15) is 5.10 Å². The number of aromatic nitrogens is 5. The van der Waals surface area contributed by atoms with E-state index in [0.29, 0.717) is 24.3 Å². The molecule has 0 saturated carbocycles. The van der Waals surface area contributed by atoms with Crippen molar-refractivity contribution in [2.24, 2.45) is 7.05 Å². The van der Waals surface area contributed by atoms with Gasteiger partial charge in [0.25, 0.3) is 11.5 Å². The van der Waals surface area contributed by atoms with Crippen molar-refractivity contribution < 1.29 is 4.79 Å². The zero-order valence-electron chi connectivity index (χ0n) is 15.9. The van der Waals surface area contributed by atoms with E-state index in [0.717, 1.165) is 36.3 Å². The Bertz CT molecular complexity index is 1060. The van der Waals surface area contributed by atoms with E-state index in [1.807, 2.05) is 24.8 Å². The number of aromatic amines is 1. The number of carbonyl (C=O) groups excluding carboxylic acids is 1. The maximum absolute atomic E-state index is 12.8. The molecule has 1 fully saturated rings. The monoisotopic (exact) mass is 368 g/mol. The van der Waals surface area contributed by atoms with Crippen LogP contribution in [-0.2, 0) is 13.5 Å². The molecule has 4 rings (SSSR count). The second-order valence-corrected chi connectivity index (χ2v) is 7.17. The molecule has 1 N–H and O–H groups in total. The van der Waals surface area contributed by atoms with Crippen LogP contribution in [0.25, 0.3) is 5.65 Å². The minimum Gasteiger partial charge on any atom is -0.337 e. The minimum atomic E-state index is -0.0372. The van der Waals surface area contributed by atoms with Crippen molar-refractivity contribution in [3.63, 3.8) is 0 Å². The summed E-state index contributed by atoms with van der Waals surface area (Å²) in [6.45, 7) is 5.19. The fourth-order valence-corrected chi connectivity index (χ4v) is 3.97. The van der Waals surface area contributed by atoms with Gasteiger partial charge in [0.05, 0.1) is 0 Å². The predicted molar refractivity (Wildman–Crippen MR) is 101 cm³/mol. The molecule has 1 amide bonds. The second kappa shape index (κ2) is 6.68. The maximum Gasteiger partial charge on any atom is 0.276 e.